The molecule has 2 aliphatic rings. The van der Waals surface area contributed by atoms with Crippen LogP contribution in [0.1, 0.15) is 48.1 Å². The van der Waals surface area contributed by atoms with Gasteiger partial charge in [0.15, 0.2) is 5.01 Å². The first-order chi connectivity index (χ1) is 18.8. The third-order valence-corrected chi connectivity index (χ3v) is 10.4. The molecule has 8 nitrogen and oxygen atoms in total. The quantitative estimate of drug-likeness (QED) is 0.377. The summed E-state index contributed by atoms with van der Waals surface area (Å²) in [6.45, 7) is 1.02. The average Bonchev–Trinajstić information content (AvgIpc) is 3.29. The van der Waals surface area contributed by atoms with Crippen LogP contribution in [0.3, 0.4) is 0 Å². The average molecular weight is 598 g/mol. The maximum atomic E-state index is 13.4. The number of thiazole rings is 1. The molecule has 5 rings (SSSR count). The van der Waals surface area contributed by atoms with E-state index in [1.807, 2.05) is 0 Å². The molecule has 2 aromatic carbocycles. The van der Waals surface area contributed by atoms with Crippen LogP contribution in [0.25, 0.3) is 21.2 Å². The van der Waals surface area contributed by atoms with E-state index in [1.165, 1.54) is 22.3 Å². The van der Waals surface area contributed by atoms with Crippen molar-refractivity contribution in [1.29, 1.82) is 0 Å². The van der Waals surface area contributed by atoms with Gasteiger partial charge in [0, 0.05) is 24.0 Å². The zero-order valence-electron chi connectivity index (χ0n) is 21.7. The summed E-state index contributed by atoms with van der Waals surface area (Å²) < 4.78 is 67.2. The zero-order chi connectivity index (χ0) is 28.8. The fourth-order valence-electron chi connectivity index (χ4n) is 5.07. The van der Waals surface area contributed by atoms with Crippen LogP contribution in [0.2, 0.25) is 0 Å². The lowest BCUT2D eigenvalue weighted by atomic mass is 9.81. The summed E-state index contributed by atoms with van der Waals surface area (Å²) in [7, 11) is -4.51. The number of hydrogen-bond donors (Lipinski definition) is 3. The molecule has 1 aromatic heterocycles. The maximum absolute atomic E-state index is 13.4. The topological polar surface area (TPSA) is 120 Å². The number of benzene rings is 2. The molecule has 3 N–H and O–H groups in total. The normalized spacial score (nSPS) is 21.4. The number of rotatable bonds is 7. The van der Waals surface area contributed by atoms with Crippen molar-refractivity contribution >= 4 is 38.0 Å². The van der Waals surface area contributed by atoms with Crippen LogP contribution in [0.5, 0.6) is 0 Å². The number of halogens is 3. The Morgan fingerprint density at radius 1 is 1.12 bits per heavy atom. The number of nitrogens with one attached hydrogen (secondary N) is 1. The molecule has 3 atom stereocenters. The number of aliphatic hydroxyl groups is 2. The van der Waals surface area contributed by atoms with E-state index in [-0.39, 0.29) is 40.7 Å². The van der Waals surface area contributed by atoms with Gasteiger partial charge in [-0.2, -0.15) is 17.9 Å². The number of β-amino-alcohol motifs (C(OH)–C–C–N with tert-alkyl or cyclic N) is 1. The number of sulfonamides is 1. The molecule has 0 unspecified atom stereocenters. The van der Waals surface area contributed by atoms with Gasteiger partial charge in [-0.05, 0) is 37.1 Å². The van der Waals surface area contributed by atoms with Crippen molar-refractivity contribution in [3.8, 4) is 10.4 Å². The van der Waals surface area contributed by atoms with Gasteiger partial charge in [-0.1, -0.05) is 49.6 Å². The number of aliphatic hydroxyl groups excluding tert-OH is 2. The van der Waals surface area contributed by atoms with Gasteiger partial charge in [0.2, 0.25) is 10.0 Å². The van der Waals surface area contributed by atoms with E-state index in [0.717, 1.165) is 26.2 Å². The number of nitrogens with zero attached hydrogens (tertiary/aromatic N) is 2. The highest BCUT2D eigenvalue weighted by Crippen LogP contribution is 2.41. The lowest BCUT2D eigenvalue weighted by Crippen LogP contribution is -2.48. The number of carbonyl (C=O) groups excluding carboxylic acids is 1. The second kappa shape index (κ2) is 11.0. The zero-order valence-corrected chi connectivity index (χ0v) is 23.3. The van der Waals surface area contributed by atoms with Gasteiger partial charge >= 0.3 is 6.18 Å². The predicted octanol–water partition coefficient (Wildman–Crippen LogP) is 4.10. The Morgan fingerprint density at radius 3 is 2.45 bits per heavy atom. The molecule has 0 radical (unpaired) electrons. The second-order valence-corrected chi connectivity index (χ2v) is 13.2. The van der Waals surface area contributed by atoms with E-state index in [0.29, 0.717) is 33.9 Å². The molecule has 2 fully saturated rings. The van der Waals surface area contributed by atoms with Crippen LogP contribution in [0, 0.1) is 5.92 Å². The fraction of sp³-hybridized carbons (Fsp3) is 0.481. The lowest BCUT2D eigenvalue weighted by Gasteiger charge is -2.32. The minimum atomic E-state index is -4.74. The Hall–Kier alpha value is -2.58. The second-order valence-electron chi connectivity index (χ2n) is 10.5. The van der Waals surface area contributed by atoms with Crippen LogP contribution in [-0.4, -0.2) is 71.9 Å². The Balaban J connectivity index is 1.56. The third kappa shape index (κ3) is 5.75. The minimum absolute atomic E-state index is 0.00823. The fourth-order valence-corrected chi connectivity index (χ4v) is 7.61. The van der Waals surface area contributed by atoms with E-state index >= 15 is 0 Å². The summed E-state index contributed by atoms with van der Waals surface area (Å²) in [6.07, 6.45) is -2.59. The molecule has 1 aliphatic heterocycles. The summed E-state index contributed by atoms with van der Waals surface area (Å²) in [4.78, 5) is 19.9. The molecule has 40 heavy (non-hydrogen) atoms. The number of amides is 1. The van der Waals surface area contributed by atoms with Crippen molar-refractivity contribution in [3.05, 3.63) is 47.1 Å². The summed E-state index contributed by atoms with van der Waals surface area (Å²) in [6, 6.07) is 7.16. The minimum Gasteiger partial charge on any atom is -0.390 e. The highest BCUT2D eigenvalue weighted by atomic mass is 32.2. The number of carbonyl (C=O) groups is 1. The lowest BCUT2D eigenvalue weighted by molar-refractivity contribution is -0.147. The molecule has 3 aromatic rings. The molecule has 216 valence electrons. The first kappa shape index (κ1) is 28.9. The van der Waals surface area contributed by atoms with Gasteiger partial charge in [-0.15, -0.1) is 11.3 Å². The van der Waals surface area contributed by atoms with Crippen LogP contribution in [0.15, 0.2) is 41.3 Å². The Morgan fingerprint density at radius 2 is 1.82 bits per heavy atom. The molecule has 1 aliphatic carbocycles. The summed E-state index contributed by atoms with van der Waals surface area (Å²) >= 11 is 1.17. The first-order valence-corrected chi connectivity index (χ1v) is 15.4. The number of hydrogen-bond acceptors (Lipinski definition) is 7. The number of piperidine rings is 1. The van der Waals surface area contributed by atoms with Crippen molar-refractivity contribution in [3.63, 3.8) is 0 Å². The summed E-state index contributed by atoms with van der Waals surface area (Å²) in [5, 5.41) is 20.9. The highest BCUT2D eigenvalue weighted by Gasteiger charge is 2.39. The smallest absolute Gasteiger partial charge is 0.390 e. The molecule has 13 heteroatoms. The van der Waals surface area contributed by atoms with Gasteiger partial charge < -0.3 is 15.1 Å². The molecule has 2 heterocycles. The van der Waals surface area contributed by atoms with E-state index < -0.39 is 34.4 Å². The number of fused-ring (bicyclic) bond motifs is 1. The van der Waals surface area contributed by atoms with Crippen LogP contribution in [-0.2, 0) is 16.4 Å². The first-order valence-electron chi connectivity index (χ1n) is 13.1. The Bertz CT molecular complexity index is 1520. The molecule has 0 bridgehead atoms. The SMILES string of the molecule is C[C@H](NS(=O)(=O)c1ccc(-c2sc(C(=O)N3CC[C@H](O)[C@H](O)C3)nc2CC2CCC2)c2ccccc12)C(F)(F)F. The van der Waals surface area contributed by atoms with Crippen molar-refractivity contribution in [1.82, 2.24) is 14.6 Å². The molecule has 1 amide bonds. The van der Waals surface area contributed by atoms with Gasteiger partial charge in [-0.25, -0.2) is 13.4 Å². The number of alkyl halides is 3. The van der Waals surface area contributed by atoms with Crippen molar-refractivity contribution in [2.24, 2.45) is 5.92 Å². The van der Waals surface area contributed by atoms with E-state index in [4.69, 9.17) is 4.98 Å². The monoisotopic (exact) mass is 597 g/mol. The molecule has 0 spiro atoms. The molecular formula is C27H30F3N3O5S2. The van der Waals surface area contributed by atoms with Crippen LogP contribution < -0.4 is 4.72 Å². The van der Waals surface area contributed by atoms with E-state index in [9.17, 15) is 36.6 Å². The van der Waals surface area contributed by atoms with Gasteiger partial charge in [0.1, 0.15) is 6.04 Å². The summed E-state index contributed by atoms with van der Waals surface area (Å²) in [5.74, 6) is 0.0561. The molecule has 1 saturated carbocycles. The molecular weight excluding hydrogens is 567 g/mol. The Labute approximate surface area is 233 Å². The van der Waals surface area contributed by atoms with Gasteiger partial charge in [0.25, 0.3) is 5.91 Å². The van der Waals surface area contributed by atoms with E-state index in [1.54, 1.807) is 35.1 Å². The van der Waals surface area contributed by atoms with Crippen LogP contribution >= 0.6 is 11.3 Å². The summed E-state index contributed by atoms with van der Waals surface area (Å²) in [5.41, 5.74) is 1.35. The number of likely N-dealkylation sites (tertiary alicyclic amines) is 1. The number of aromatic nitrogens is 1. The Kier molecular flexibility index (Phi) is 7.96. The molecule has 1 saturated heterocycles. The standard InChI is InChI=1S/C27H30F3N3O5S2/c1-15(27(28,29)30)32-40(37,38)23-10-9-19(17-7-2-3-8-18(17)23)24-20(13-16-5-4-6-16)31-25(39-24)26(36)33-12-11-21(34)22(35)14-33/h2-3,7-10,15-16,21-22,32,34-35H,4-6,11-14H2,1H3/t15-,21-,22+/m0/s1. The van der Waals surface area contributed by atoms with Crippen molar-refractivity contribution in [2.75, 3.05) is 13.1 Å². The van der Waals surface area contributed by atoms with Crippen molar-refractivity contribution < 1.29 is 36.6 Å². The third-order valence-electron chi connectivity index (χ3n) is 7.66. The maximum Gasteiger partial charge on any atom is 0.404 e. The van der Waals surface area contributed by atoms with Gasteiger partial charge in [-0.3, -0.25) is 4.79 Å². The van der Waals surface area contributed by atoms with Gasteiger partial charge in [0.05, 0.1) is 27.7 Å². The largest absolute Gasteiger partial charge is 0.404 e. The highest BCUT2D eigenvalue weighted by molar-refractivity contribution is 7.89. The predicted molar refractivity (Wildman–Crippen MR) is 144 cm³/mol. The van der Waals surface area contributed by atoms with Crippen LogP contribution in [0.4, 0.5) is 13.2 Å². The van der Waals surface area contributed by atoms with E-state index in [2.05, 4.69) is 0 Å². The van der Waals surface area contributed by atoms with Crippen molar-refractivity contribution in [2.45, 2.75) is 68.3 Å².